The molecule has 26 heavy (non-hydrogen) atoms. The Morgan fingerprint density at radius 2 is 1.69 bits per heavy atom. The first-order valence-corrected chi connectivity index (χ1v) is 8.78. The first-order valence-electron chi connectivity index (χ1n) is 8.78. The molecular formula is C22H23N3O. The van der Waals surface area contributed by atoms with Crippen molar-refractivity contribution in [3.63, 3.8) is 0 Å². The van der Waals surface area contributed by atoms with Gasteiger partial charge in [0.25, 0.3) is 5.91 Å². The maximum atomic E-state index is 12.2. The Kier molecular flexibility index (Phi) is 5.99. The standard InChI is InChI=1S/C22H23N3O/c1-17-7-9-19(10-8-17)15-25-22(26)21-12-11-20(16-24-21)23-14-13-18-5-3-2-4-6-18/h2-12,16,23H,13-15H2,1H3,(H,25,26). The molecule has 0 saturated heterocycles. The van der Waals surface area contributed by atoms with Gasteiger partial charge in [-0.15, -0.1) is 0 Å². The highest BCUT2D eigenvalue weighted by molar-refractivity contribution is 5.92. The van der Waals surface area contributed by atoms with Crippen LogP contribution < -0.4 is 10.6 Å². The number of benzene rings is 2. The van der Waals surface area contributed by atoms with Crippen LogP contribution in [0.2, 0.25) is 0 Å². The van der Waals surface area contributed by atoms with Gasteiger partial charge >= 0.3 is 0 Å². The lowest BCUT2D eigenvalue weighted by atomic mass is 10.1. The third-order valence-electron chi connectivity index (χ3n) is 4.16. The Hall–Kier alpha value is -3.14. The summed E-state index contributed by atoms with van der Waals surface area (Å²) in [4.78, 5) is 16.5. The number of carbonyl (C=O) groups excluding carboxylic acids is 1. The van der Waals surface area contributed by atoms with Gasteiger partial charge in [-0.3, -0.25) is 4.79 Å². The SMILES string of the molecule is Cc1ccc(CNC(=O)c2ccc(NCCc3ccccc3)cn2)cc1. The van der Waals surface area contributed by atoms with Crippen molar-refractivity contribution in [1.29, 1.82) is 0 Å². The van der Waals surface area contributed by atoms with Crippen LogP contribution in [0.15, 0.2) is 72.9 Å². The number of amides is 1. The number of anilines is 1. The number of nitrogens with one attached hydrogen (secondary N) is 2. The van der Waals surface area contributed by atoms with Crippen LogP contribution in [0.1, 0.15) is 27.2 Å². The molecule has 3 rings (SSSR count). The van der Waals surface area contributed by atoms with E-state index in [1.54, 1.807) is 12.3 Å². The van der Waals surface area contributed by atoms with Crippen molar-refractivity contribution < 1.29 is 4.79 Å². The van der Waals surface area contributed by atoms with Crippen molar-refractivity contribution >= 4 is 11.6 Å². The molecule has 0 radical (unpaired) electrons. The Bertz CT molecular complexity index is 828. The Labute approximate surface area is 154 Å². The summed E-state index contributed by atoms with van der Waals surface area (Å²) in [7, 11) is 0. The van der Waals surface area contributed by atoms with E-state index in [4.69, 9.17) is 0 Å². The lowest BCUT2D eigenvalue weighted by Crippen LogP contribution is -2.23. The predicted molar refractivity (Wildman–Crippen MR) is 105 cm³/mol. The summed E-state index contributed by atoms with van der Waals surface area (Å²) in [5.41, 5.74) is 4.90. The maximum Gasteiger partial charge on any atom is 0.270 e. The number of hydrogen-bond donors (Lipinski definition) is 2. The Morgan fingerprint density at radius 1 is 0.923 bits per heavy atom. The van der Waals surface area contributed by atoms with E-state index in [2.05, 4.69) is 27.8 Å². The van der Waals surface area contributed by atoms with Gasteiger partial charge in [-0.1, -0.05) is 60.2 Å². The number of rotatable bonds is 7. The fraction of sp³-hybridized carbons (Fsp3) is 0.182. The predicted octanol–water partition coefficient (Wildman–Crippen LogP) is 3.97. The van der Waals surface area contributed by atoms with Crippen molar-refractivity contribution in [1.82, 2.24) is 10.3 Å². The average Bonchev–Trinajstić information content (AvgIpc) is 2.69. The lowest BCUT2D eigenvalue weighted by Gasteiger charge is -2.08. The molecule has 0 aliphatic carbocycles. The van der Waals surface area contributed by atoms with Crippen LogP contribution in [0.25, 0.3) is 0 Å². The summed E-state index contributed by atoms with van der Waals surface area (Å²) in [6.45, 7) is 3.37. The second-order valence-corrected chi connectivity index (χ2v) is 6.26. The molecule has 4 heteroatoms. The minimum Gasteiger partial charge on any atom is -0.383 e. The molecule has 1 aromatic heterocycles. The zero-order chi connectivity index (χ0) is 18.2. The van der Waals surface area contributed by atoms with Crippen molar-refractivity contribution in [2.75, 3.05) is 11.9 Å². The molecule has 0 atom stereocenters. The van der Waals surface area contributed by atoms with Gasteiger partial charge in [-0.25, -0.2) is 4.98 Å². The molecule has 0 fully saturated rings. The fourth-order valence-corrected chi connectivity index (χ4v) is 2.61. The number of aryl methyl sites for hydroxylation is 1. The summed E-state index contributed by atoms with van der Waals surface area (Å²) >= 11 is 0. The van der Waals surface area contributed by atoms with Gasteiger partial charge in [-0.05, 0) is 36.6 Å². The number of nitrogens with zero attached hydrogens (tertiary/aromatic N) is 1. The normalized spacial score (nSPS) is 10.3. The van der Waals surface area contributed by atoms with Gasteiger partial charge in [0.05, 0.1) is 11.9 Å². The average molecular weight is 345 g/mol. The smallest absolute Gasteiger partial charge is 0.270 e. The molecule has 0 bridgehead atoms. The Balaban J connectivity index is 1.47. The van der Waals surface area contributed by atoms with Crippen LogP contribution in [-0.2, 0) is 13.0 Å². The fourth-order valence-electron chi connectivity index (χ4n) is 2.61. The number of carbonyl (C=O) groups is 1. The highest BCUT2D eigenvalue weighted by atomic mass is 16.1. The third-order valence-corrected chi connectivity index (χ3v) is 4.16. The molecule has 132 valence electrons. The van der Waals surface area contributed by atoms with Gasteiger partial charge in [0.15, 0.2) is 0 Å². The summed E-state index contributed by atoms with van der Waals surface area (Å²) in [5, 5.41) is 6.23. The van der Waals surface area contributed by atoms with Gasteiger partial charge in [0, 0.05) is 13.1 Å². The highest BCUT2D eigenvalue weighted by Gasteiger charge is 2.06. The summed E-state index contributed by atoms with van der Waals surface area (Å²) < 4.78 is 0. The topological polar surface area (TPSA) is 54.0 Å². The van der Waals surface area contributed by atoms with E-state index in [0.29, 0.717) is 12.2 Å². The van der Waals surface area contributed by atoms with E-state index < -0.39 is 0 Å². The van der Waals surface area contributed by atoms with Crippen LogP contribution in [0.3, 0.4) is 0 Å². The molecule has 2 N–H and O–H groups in total. The van der Waals surface area contributed by atoms with Crippen molar-refractivity contribution in [3.8, 4) is 0 Å². The van der Waals surface area contributed by atoms with E-state index in [0.717, 1.165) is 24.2 Å². The number of hydrogen-bond acceptors (Lipinski definition) is 3. The van der Waals surface area contributed by atoms with Crippen LogP contribution in [0.5, 0.6) is 0 Å². The van der Waals surface area contributed by atoms with Crippen LogP contribution in [0, 0.1) is 6.92 Å². The third kappa shape index (κ3) is 5.18. The molecular weight excluding hydrogens is 322 g/mol. The van der Waals surface area contributed by atoms with Crippen LogP contribution >= 0.6 is 0 Å². The minimum absolute atomic E-state index is 0.165. The van der Waals surface area contributed by atoms with Crippen molar-refractivity contribution in [3.05, 3.63) is 95.3 Å². The van der Waals surface area contributed by atoms with Gasteiger partial charge in [0.2, 0.25) is 0 Å². The van der Waals surface area contributed by atoms with E-state index >= 15 is 0 Å². The summed E-state index contributed by atoms with van der Waals surface area (Å²) in [5.74, 6) is -0.165. The summed E-state index contributed by atoms with van der Waals surface area (Å²) in [6.07, 6.45) is 2.64. The zero-order valence-corrected chi connectivity index (χ0v) is 14.9. The zero-order valence-electron chi connectivity index (χ0n) is 14.9. The van der Waals surface area contributed by atoms with Gasteiger partial charge in [-0.2, -0.15) is 0 Å². The van der Waals surface area contributed by atoms with Gasteiger partial charge in [0.1, 0.15) is 5.69 Å². The molecule has 0 saturated carbocycles. The quantitative estimate of drug-likeness (QED) is 0.681. The molecule has 0 aliphatic rings. The molecule has 0 unspecified atom stereocenters. The Morgan fingerprint density at radius 3 is 2.38 bits per heavy atom. The van der Waals surface area contributed by atoms with E-state index in [9.17, 15) is 4.79 Å². The first-order chi connectivity index (χ1) is 12.7. The summed E-state index contributed by atoms with van der Waals surface area (Å²) in [6, 6.07) is 22.1. The van der Waals surface area contributed by atoms with E-state index in [-0.39, 0.29) is 5.91 Å². The molecule has 2 aromatic carbocycles. The molecule has 1 heterocycles. The van der Waals surface area contributed by atoms with E-state index in [1.807, 2.05) is 55.5 Å². The first kappa shape index (κ1) is 17.7. The number of aromatic nitrogens is 1. The monoisotopic (exact) mass is 345 g/mol. The van der Waals surface area contributed by atoms with Crippen molar-refractivity contribution in [2.24, 2.45) is 0 Å². The molecule has 4 nitrogen and oxygen atoms in total. The van der Waals surface area contributed by atoms with Crippen LogP contribution in [0.4, 0.5) is 5.69 Å². The second kappa shape index (κ2) is 8.81. The van der Waals surface area contributed by atoms with Gasteiger partial charge < -0.3 is 10.6 Å². The van der Waals surface area contributed by atoms with E-state index in [1.165, 1.54) is 11.1 Å². The lowest BCUT2D eigenvalue weighted by molar-refractivity contribution is 0.0946. The molecule has 3 aromatic rings. The largest absolute Gasteiger partial charge is 0.383 e. The van der Waals surface area contributed by atoms with Crippen LogP contribution in [-0.4, -0.2) is 17.4 Å². The second-order valence-electron chi connectivity index (χ2n) is 6.26. The number of pyridine rings is 1. The molecule has 0 aliphatic heterocycles. The van der Waals surface area contributed by atoms with Crippen molar-refractivity contribution in [2.45, 2.75) is 19.9 Å². The maximum absolute atomic E-state index is 12.2. The minimum atomic E-state index is -0.165. The highest BCUT2D eigenvalue weighted by Crippen LogP contribution is 2.08. The molecule has 0 spiro atoms. The molecule has 1 amide bonds.